The van der Waals surface area contributed by atoms with Crippen LogP contribution in [0, 0.1) is 23.4 Å². The third-order valence-corrected chi connectivity index (χ3v) is 6.08. The van der Waals surface area contributed by atoms with Crippen molar-refractivity contribution >= 4 is 65.0 Å². The summed E-state index contributed by atoms with van der Waals surface area (Å²) in [5.41, 5.74) is 4.89. The van der Waals surface area contributed by atoms with Crippen LogP contribution >= 0.6 is 36.0 Å². The average molecular weight is 585 g/mol. The van der Waals surface area contributed by atoms with E-state index in [2.05, 4.69) is 30.5 Å². The van der Waals surface area contributed by atoms with Crippen LogP contribution in [0.5, 0.6) is 0 Å². The number of carbonyl (C=O) groups is 1. The van der Waals surface area contributed by atoms with Crippen LogP contribution in [0.1, 0.15) is 30.4 Å². The number of aliphatic carboxylic acids is 1. The van der Waals surface area contributed by atoms with Crippen molar-refractivity contribution in [1.29, 1.82) is 0 Å². The van der Waals surface area contributed by atoms with E-state index in [1.165, 1.54) is 0 Å². The molecule has 0 spiro atoms. The predicted molar refractivity (Wildman–Crippen MR) is 151 cm³/mol. The Morgan fingerprint density at radius 2 is 1.79 bits per heavy atom. The Balaban J connectivity index is 0.00000507. The molecule has 0 atom stereocenters. The van der Waals surface area contributed by atoms with Gasteiger partial charge in [-0.15, -0.1) is 0 Å². The molecule has 0 unspecified atom stereocenters. The summed E-state index contributed by atoms with van der Waals surface area (Å²) in [6, 6.07) is 11.5. The van der Waals surface area contributed by atoms with Crippen molar-refractivity contribution in [3.63, 3.8) is 0 Å². The fourth-order valence-corrected chi connectivity index (χ4v) is 4.79. The number of nitrogens with zero attached hydrogens (tertiary/aromatic N) is 2. The number of benzene rings is 2. The van der Waals surface area contributed by atoms with Gasteiger partial charge in [-0.3, -0.25) is 0 Å². The largest absolute Gasteiger partial charge is 1.00 e. The number of H-pyrrole nitrogens is 2. The SMILES string of the molecule is Cc1cc(Cl)cc(C)c1N(CCCOCNc1cccc(Nc2nc(=S)[nH]c(=S)[nH]2)c1)CCCC(=O)[O-].[Na+]. The minimum absolute atomic E-state index is 0. The zero-order valence-electron chi connectivity index (χ0n) is 21.7. The summed E-state index contributed by atoms with van der Waals surface area (Å²) < 4.78 is 6.49. The summed E-state index contributed by atoms with van der Waals surface area (Å²) in [5, 5.41) is 18.0. The van der Waals surface area contributed by atoms with E-state index in [0.717, 1.165) is 41.2 Å². The number of aromatic nitrogens is 3. The second kappa shape index (κ2) is 16.2. The smallest absolute Gasteiger partial charge is 0.550 e. The Kier molecular flexibility index (Phi) is 13.7. The van der Waals surface area contributed by atoms with Crippen molar-refractivity contribution in [3.8, 4) is 0 Å². The number of hydrogen-bond donors (Lipinski definition) is 4. The van der Waals surface area contributed by atoms with Gasteiger partial charge in [-0.1, -0.05) is 17.7 Å². The van der Waals surface area contributed by atoms with Gasteiger partial charge in [0.25, 0.3) is 0 Å². The zero-order valence-corrected chi connectivity index (χ0v) is 26.1. The molecule has 0 aliphatic carbocycles. The Bertz CT molecular complexity index is 1290. The number of carbonyl (C=O) groups excluding carboxylic acids is 1. The molecule has 3 aromatic rings. The molecule has 1 aromatic heterocycles. The van der Waals surface area contributed by atoms with Gasteiger partial charge in [-0.05, 0) is 99.0 Å². The number of aromatic amines is 2. The number of aryl methyl sites for hydroxylation is 2. The Hall–Kier alpha value is -1.99. The van der Waals surface area contributed by atoms with Gasteiger partial charge in [0, 0.05) is 41.1 Å². The number of nitrogens with one attached hydrogen (secondary N) is 4. The molecule has 3 rings (SSSR count). The summed E-state index contributed by atoms with van der Waals surface area (Å²) in [6.45, 7) is 6.24. The first kappa shape index (κ1) is 32.2. The van der Waals surface area contributed by atoms with Crippen LogP contribution in [0.4, 0.5) is 23.0 Å². The summed E-state index contributed by atoms with van der Waals surface area (Å²) >= 11 is 16.3. The molecule has 0 aliphatic heterocycles. The molecule has 13 heteroatoms. The first-order valence-corrected chi connectivity index (χ1v) is 13.0. The molecule has 0 fully saturated rings. The molecule has 4 N–H and O–H groups in total. The Morgan fingerprint density at radius 3 is 2.47 bits per heavy atom. The molecule has 0 saturated heterocycles. The Morgan fingerprint density at radius 1 is 1.11 bits per heavy atom. The van der Waals surface area contributed by atoms with Gasteiger partial charge in [-0.25, -0.2) is 0 Å². The third-order valence-electron chi connectivity index (χ3n) is 5.47. The molecule has 38 heavy (non-hydrogen) atoms. The number of anilines is 4. The van der Waals surface area contributed by atoms with Crippen molar-refractivity contribution in [1.82, 2.24) is 15.0 Å². The number of ether oxygens (including phenoxy) is 1. The molecule has 1 heterocycles. The van der Waals surface area contributed by atoms with Gasteiger partial charge >= 0.3 is 29.6 Å². The van der Waals surface area contributed by atoms with Crippen LogP contribution in [0.25, 0.3) is 0 Å². The number of carboxylic acids is 1. The molecule has 0 amide bonds. The maximum absolute atomic E-state index is 10.9. The maximum Gasteiger partial charge on any atom is 1.00 e. The van der Waals surface area contributed by atoms with Crippen LogP contribution in [0.15, 0.2) is 36.4 Å². The second-order valence-corrected chi connectivity index (χ2v) is 9.72. The summed E-state index contributed by atoms with van der Waals surface area (Å²) in [4.78, 5) is 22.9. The molecule has 198 valence electrons. The van der Waals surface area contributed by atoms with E-state index in [-0.39, 0.29) is 36.0 Å². The van der Waals surface area contributed by atoms with Crippen molar-refractivity contribution in [2.75, 3.05) is 42.0 Å². The number of carboxylic acid groups (broad SMARTS) is 1. The third kappa shape index (κ3) is 10.6. The van der Waals surface area contributed by atoms with Gasteiger partial charge in [0.2, 0.25) is 10.7 Å². The van der Waals surface area contributed by atoms with Crippen molar-refractivity contribution in [3.05, 3.63) is 62.1 Å². The van der Waals surface area contributed by atoms with Crippen LogP contribution in [-0.2, 0) is 9.53 Å². The molecule has 0 aliphatic rings. The molecule has 0 bridgehead atoms. The summed E-state index contributed by atoms with van der Waals surface area (Å²) in [6.07, 6.45) is 1.30. The minimum atomic E-state index is -1.04. The molecular weight excluding hydrogens is 555 g/mol. The van der Waals surface area contributed by atoms with Gasteiger partial charge in [0.1, 0.15) is 6.73 Å². The Labute approximate surface area is 259 Å². The molecule has 2 aromatic carbocycles. The van der Waals surface area contributed by atoms with Crippen LogP contribution in [0.3, 0.4) is 0 Å². The zero-order chi connectivity index (χ0) is 26.8. The van der Waals surface area contributed by atoms with E-state index in [1.54, 1.807) is 0 Å². The molecule has 0 radical (unpaired) electrons. The number of hydrogen-bond acceptors (Lipinski definition) is 9. The molecule has 9 nitrogen and oxygen atoms in total. The topological polar surface area (TPSA) is 121 Å². The van der Waals surface area contributed by atoms with E-state index < -0.39 is 5.97 Å². The maximum atomic E-state index is 10.9. The first-order chi connectivity index (χ1) is 17.7. The first-order valence-electron chi connectivity index (χ1n) is 11.8. The van der Waals surface area contributed by atoms with Crippen LogP contribution < -0.4 is 50.2 Å². The molecule has 0 saturated carbocycles. The van der Waals surface area contributed by atoms with Crippen molar-refractivity contribution in [2.24, 2.45) is 0 Å². The van der Waals surface area contributed by atoms with Crippen LogP contribution in [-0.4, -0.2) is 47.3 Å². The van der Waals surface area contributed by atoms with Crippen molar-refractivity contribution < 1.29 is 44.2 Å². The van der Waals surface area contributed by atoms with E-state index in [9.17, 15) is 9.90 Å². The number of halogens is 1. The average Bonchev–Trinajstić information content (AvgIpc) is 2.79. The fourth-order valence-electron chi connectivity index (χ4n) is 4.01. The van der Waals surface area contributed by atoms with Gasteiger partial charge in [-0.2, -0.15) is 4.98 Å². The summed E-state index contributed by atoms with van der Waals surface area (Å²) in [5.74, 6) is -0.581. The van der Waals surface area contributed by atoms with Crippen LogP contribution in [0.2, 0.25) is 5.02 Å². The van der Waals surface area contributed by atoms with Gasteiger partial charge in [0.05, 0.1) is 6.61 Å². The van der Waals surface area contributed by atoms with E-state index in [1.807, 2.05) is 50.2 Å². The fraction of sp³-hybridized carbons (Fsp3) is 0.360. The predicted octanol–water partition coefficient (Wildman–Crippen LogP) is 2.03. The van der Waals surface area contributed by atoms with E-state index >= 15 is 0 Å². The minimum Gasteiger partial charge on any atom is -0.550 e. The quantitative estimate of drug-likeness (QED) is 0.0976. The summed E-state index contributed by atoms with van der Waals surface area (Å²) in [7, 11) is 0. The van der Waals surface area contributed by atoms with Gasteiger partial charge in [0.15, 0.2) is 4.77 Å². The number of rotatable bonds is 14. The van der Waals surface area contributed by atoms with Crippen molar-refractivity contribution in [2.45, 2.75) is 33.1 Å². The standard InChI is InChI=1S/C25H31ClN6O3S2.Na/c1-16-12-18(26)13-17(2)22(16)32(9-4-8-21(33)34)10-5-11-35-15-27-19-6-3-7-20(14-19)28-23-29-24(36)31-25(37)30-23;/h3,6-7,12-14,27H,4-5,8-11,15H2,1-2H3,(H,33,34)(H3,28,29,30,31,36,37);/q;+1/p-1. The second-order valence-electron chi connectivity index (χ2n) is 8.48. The van der Waals surface area contributed by atoms with Gasteiger partial charge < -0.3 is 40.1 Å². The normalized spacial score (nSPS) is 10.5. The monoisotopic (exact) mass is 584 g/mol. The van der Waals surface area contributed by atoms with E-state index in [4.69, 9.17) is 40.8 Å². The molecular formula is C25H30ClN6NaO3S2. The van der Waals surface area contributed by atoms with E-state index in [0.29, 0.717) is 46.8 Å².